The van der Waals surface area contributed by atoms with Crippen molar-refractivity contribution in [3.05, 3.63) is 67.6 Å². The van der Waals surface area contributed by atoms with E-state index in [1.807, 2.05) is 18.0 Å². The molecule has 0 atom stereocenters. The van der Waals surface area contributed by atoms with Crippen LogP contribution in [0, 0.1) is 0 Å². The molecule has 0 radical (unpaired) electrons. The van der Waals surface area contributed by atoms with Gasteiger partial charge in [-0.2, -0.15) is 0 Å². The van der Waals surface area contributed by atoms with Gasteiger partial charge in [0.25, 0.3) is 0 Å². The van der Waals surface area contributed by atoms with Crippen LogP contribution in [0.1, 0.15) is 10.4 Å². The Hall–Kier alpha value is -2.92. The highest BCUT2D eigenvalue weighted by atomic mass is 35.5. The summed E-state index contributed by atoms with van der Waals surface area (Å²) in [5, 5.41) is 12.0. The van der Waals surface area contributed by atoms with Gasteiger partial charge in [0.1, 0.15) is 11.6 Å². The first-order valence-corrected chi connectivity index (χ1v) is 12.5. The van der Waals surface area contributed by atoms with Gasteiger partial charge in [-0.15, -0.1) is 11.3 Å². The van der Waals surface area contributed by atoms with Crippen LogP contribution in [0.4, 0.5) is 0 Å². The molecule has 1 amide bonds. The molecule has 0 aliphatic carbocycles. The zero-order valence-electron chi connectivity index (χ0n) is 18.8. The molecule has 1 aliphatic heterocycles. The zero-order chi connectivity index (χ0) is 24.7. The summed E-state index contributed by atoms with van der Waals surface area (Å²) >= 11 is 13.4. The number of fused-ring (bicyclic) bond motifs is 1. The smallest absolute Gasteiger partial charge is 0.302 e. The Morgan fingerprint density at radius 1 is 1.14 bits per heavy atom. The summed E-state index contributed by atoms with van der Waals surface area (Å²) in [5.74, 6) is -0.258. The maximum Gasteiger partial charge on any atom is 0.302 e. The van der Waals surface area contributed by atoms with E-state index in [1.165, 1.54) is 21.9 Å². The predicted molar refractivity (Wildman–Crippen MR) is 136 cm³/mol. The molecule has 0 spiro atoms. The second-order valence-electron chi connectivity index (χ2n) is 8.45. The third kappa shape index (κ3) is 4.79. The molecule has 35 heavy (non-hydrogen) atoms. The molecule has 4 aromatic rings. The molecule has 0 bridgehead atoms. The van der Waals surface area contributed by atoms with E-state index in [0.29, 0.717) is 34.6 Å². The first kappa shape index (κ1) is 23.8. The average molecular weight is 533 g/mol. The van der Waals surface area contributed by atoms with Crippen molar-refractivity contribution in [1.29, 1.82) is 0 Å². The molecule has 9 nitrogen and oxygen atoms in total. The molecular weight excluding hydrogens is 511 g/mol. The van der Waals surface area contributed by atoms with E-state index in [2.05, 4.69) is 14.9 Å². The fourth-order valence-electron chi connectivity index (χ4n) is 3.99. The minimum absolute atomic E-state index is 0.0433. The number of amides is 1. The summed E-state index contributed by atoms with van der Waals surface area (Å²) in [4.78, 5) is 39.5. The molecule has 4 heterocycles. The Bertz CT molecular complexity index is 1470. The highest BCUT2D eigenvalue weighted by molar-refractivity contribution is 7.15. The van der Waals surface area contributed by atoms with Crippen molar-refractivity contribution in [3.8, 4) is 16.5 Å². The Morgan fingerprint density at radius 2 is 1.91 bits per heavy atom. The van der Waals surface area contributed by atoms with Crippen molar-refractivity contribution in [2.75, 3.05) is 33.2 Å². The van der Waals surface area contributed by atoms with Crippen LogP contribution in [-0.2, 0) is 17.8 Å². The number of aromatic nitrogens is 4. The number of hydrogen-bond acceptors (Lipinski definition) is 7. The summed E-state index contributed by atoms with van der Waals surface area (Å²) in [7, 11) is 2.03. The molecule has 1 saturated heterocycles. The van der Waals surface area contributed by atoms with Gasteiger partial charge in [-0.25, -0.2) is 14.4 Å². The fraction of sp³-hybridized carbons (Fsp3) is 0.304. The van der Waals surface area contributed by atoms with E-state index < -0.39 is 11.3 Å². The molecule has 1 N–H and O–H groups in total. The lowest BCUT2D eigenvalue weighted by Gasteiger charge is -2.32. The lowest BCUT2D eigenvalue weighted by molar-refractivity contribution is -0.133. The number of nitrogens with zero attached hydrogens (tertiary/aromatic N) is 6. The first-order chi connectivity index (χ1) is 16.8. The van der Waals surface area contributed by atoms with E-state index >= 15 is 0 Å². The van der Waals surface area contributed by atoms with Gasteiger partial charge >= 0.3 is 5.56 Å². The third-order valence-electron chi connectivity index (χ3n) is 6.01. The molecule has 0 saturated carbocycles. The number of benzene rings is 1. The number of halogens is 2. The number of aromatic hydroxyl groups is 1. The molecule has 182 valence electrons. The summed E-state index contributed by atoms with van der Waals surface area (Å²) in [5.41, 5.74) is 0.433. The lowest BCUT2D eigenvalue weighted by Crippen LogP contribution is -2.48. The van der Waals surface area contributed by atoms with Crippen molar-refractivity contribution >= 4 is 46.2 Å². The second-order valence-corrected chi connectivity index (χ2v) is 10.4. The van der Waals surface area contributed by atoms with Gasteiger partial charge in [0, 0.05) is 56.1 Å². The standard InChI is InChI=1S/C23H22Cl2N6O3S/c1-28-4-6-29(7-5-28)18(32)13-30-8-9-31-22(34)20(33)19(27-23(30)31)21-26-12-15(35-21)10-14-2-3-16(24)17(25)11-14/h2-3,8-9,11-12,33H,4-7,10,13H2,1H3. The quantitative estimate of drug-likeness (QED) is 0.424. The van der Waals surface area contributed by atoms with Crippen molar-refractivity contribution in [3.63, 3.8) is 0 Å². The van der Waals surface area contributed by atoms with Crippen LogP contribution in [0.25, 0.3) is 16.5 Å². The van der Waals surface area contributed by atoms with Crippen LogP contribution in [-0.4, -0.2) is 73.0 Å². The predicted octanol–water partition coefficient (Wildman–Crippen LogP) is 3.00. The summed E-state index contributed by atoms with van der Waals surface area (Å²) in [6, 6.07) is 5.41. The summed E-state index contributed by atoms with van der Waals surface area (Å²) in [6.07, 6.45) is 5.37. The molecular formula is C23H22Cl2N6O3S. The number of piperazine rings is 1. The van der Waals surface area contributed by atoms with Crippen LogP contribution in [0.3, 0.4) is 0 Å². The maximum absolute atomic E-state index is 12.8. The van der Waals surface area contributed by atoms with E-state index in [1.54, 1.807) is 29.1 Å². The Kier molecular flexibility index (Phi) is 6.54. The fourth-order valence-corrected chi connectivity index (χ4v) is 5.25. The number of likely N-dealkylation sites (N-methyl/N-ethyl adjacent to an activating group) is 1. The summed E-state index contributed by atoms with van der Waals surface area (Å²) < 4.78 is 2.86. The van der Waals surface area contributed by atoms with Crippen molar-refractivity contribution in [1.82, 2.24) is 28.7 Å². The van der Waals surface area contributed by atoms with Crippen LogP contribution >= 0.6 is 34.5 Å². The number of hydrogen-bond donors (Lipinski definition) is 1. The third-order valence-corrected chi connectivity index (χ3v) is 7.75. The lowest BCUT2D eigenvalue weighted by atomic mass is 10.1. The monoisotopic (exact) mass is 532 g/mol. The number of rotatable bonds is 5. The Balaban J connectivity index is 1.43. The zero-order valence-corrected chi connectivity index (χ0v) is 21.1. The Morgan fingerprint density at radius 3 is 2.66 bits per heavy atom. The van der Waals surface area contributed by atoms with Gasteiger partial charge in [-0.1, -0.05) is 29.3 Å². The van der Waals surface area contributed by atoms with Gasteiger partial charge < -0.3 is 19.5 Å². The van der Waals surface area contributed by atoms with Gasteiger partial charge in [-0.3, -0.25) is 9.59 Å². The number of thiazole rings is 1. The van der Waals surface area contributed by atoms with E-state index in [-0.39, 0.29) is 23.9 Å². The van der Waals surface area contributed by atoms with Crippen molar-refractivity contribution in [2.24, 2.45) is 0 Å². The van der Waals surface area contributed by atoms with Gasteiger partial charge in [0.05, 0.1) is 10.0 Å². The Labute approximate surface area is 214 Å². The maximum atomic E-state index is 12.8. The normalized spacial score (nSPS) is 14.7. The SMILES string of the molecule is CN1CCN(C(=O)Cn2ccn3c(=O)c(O)c(-c4ncc(Cc5ccc(Cl)c(Cl)c5)s4)nc23)CC1. The molecule has 3 aromatic heterocycles. The largest absolute Gasteiger partial charge is 0.501 e. The molecule has 1 aromatic carbocycles. The molecule has 12 heteroatoms. The van der Waals surface area contributed by atoms with Gasteiger partial charge in [-0.05, 0) is 24.7 Å². The van der Waals surface area contributed by atoms with Crippen LogP contribution < -0.4 is 5.56 Å². The van der Waals surface area contributed by atoms with E-state index in [9.17, 15) is 14.7 Å². The van der Waals surface area contributed by atoms with Crippen molar-refractivity contribution < 1.29 is 9.90 Å². The van der Waals surface area contributed by atoms with Crippen molar-refractivity contribution in [2.45, 2.75) is 13.0 Å². The minimum atomic E-state index is -0.614. The molecule has 0 unspecified atom stereocenters. The highest BCUT2D eigenvalue weighted by Gasteiger charge is 2.22. The summed E-state index contributed by atoms with van der Waals surface area (Å²) in [6.45, 7) is 3.02. The van der Waals surface area contributed by atoms with Gasteiger partial charge in [0.2, 0.25) is 17.4 Å². The van der Waals surface area contributed by atoms with Crippen LogP contribution in [0.2, 0.25) is 10.0 Å². The topological polar surface area (TPSA) is 96.0 Å². The molecule has 1 fully saturated rings. The number of carbonyl (C=O) groups excluding carboxylic acids is 1. The minimum Gasteiger partial charge on any atom is -0.501 e. The highest BCUT2D eigenvalue weighted by Crippen LogP contribution is 2.31. The molecule has 1 aliphatic rings. The van der Waals surface area contributed by atoms with Crippen LogP contribution in [0.5, 0.6) is 5.75 Å². The van der Waals surface area contributed by atoms with Crippen LogP contribution in [0.15, 0.2) is 41.6 Å². The number of imidazole rings is 1. The van der Waals surface area contributed by atoms with Gasteiger partial charge in [0.15, 0.2) is 5.69 Å². The molecule has 5 rings (SSSR count). The van der Waals surface area contributed by atoms with E-state index in [0.717, 1.165) is 23.5 Å². The second kappa shape index (κ2) is 9.62. The van der Waals surface area contributed by atoms with E-state index in [4.69, 9.17) is 23.2 Å². The first-order valence-electron chi connectivity index (χ1n) is 11.0. The number of carbonyl (C=O) groups is 1. The average Bonchev–Trinajstić information content (AvgIpc) is 3.46.